The van der Waals surface area contributed by atoms with Gasteiger partial charge in [-0.3, -0.25) is 9.69 Å². The predicted octanol–water partition coefficient (Wildman–Crippen LogP) is 4.01. The highest BCUT2D eigenvalue weighted by atomic mass is 32.2. The number of aryl methyl sites for hydroxylation is 1. The van der Waals surface area contributed by atoms with Crippen molar-refractivity contribution in [1.82, 2.24) is 15.2 Å². The summed E-state index contributed by atoms with van der Waals surface area (Å²) in [5, 5.41) is 9.00. The van der Waals surface area contributed by atoms with E-state index in [0.29, 0.717) is 16.7 Å². The Morgan fingerprint density at radius 2 is 1.85 bits per heavy atom. The Kier molecular flexibility index (Phi) is 4.53. The maximum absolute atomic E-state index is 12.6. The van der Waals surface area contributed by atoms with Crippen molar-refractivity contribution in [2.24, 2.45) is 0 Å². The molecule has 2 aromatic carbocycles. The first-order chi connectivity index (χ1) is 13.1. The van der Waals surface area contributed by atoms with Crippen LogP contribution in [0.2, 0.25) is 0 Å². The summed E-state index contributed by atoms with van der Waals surface area (Å²) in [5.41, 5.74) is 4.02. The molecule has 3 aromatic rings. The molecule has 27 heavy (non-hydrogen) atoms. The number of aromatic nitrogens is 3. The van der Waals surface area contributed by atoms with Crippen molar-refractivity contribution in [1.29, 1.82) is 0 Å². The Hall–Kier alpha value is -2.93. The number of carbonyl (C=O) groups is 1. The lowest BCUT2D eigenvalue weighted by Gasteiger charge is -2.29. The number of hydrogen-bond acceptors (Lipinski definition) is 6. The van der Waals surface area contributed by atoms with E-state index < -0.39 is 6.23 Å². The summed E-state index contributed by atoms with van der Waals surface area (Å²) in [5.74, 6) is 0.245. The van der Waals surface area contributed by atoms with Crippen LogP contribution in [0.25, 0.3) is 11.3 Å². The van der Waals surface area contributed by atoms with Crippen molar-refractivity contribution in [2.75, 3.05) is 11.2 Å². The van der Waals surface area contributed by atoms with Gasteiger partial charge < -0.3 is 4.74 Å². The minimum absolute atomic E-state index is 0.126. The first-order valence-corrected chi connectivity index (χ1v) is 9.72. The molecule has 2 heterocycles. The fourth-order valence-electron chi connectivity index (χ4n) is 3.09. The number of para-hydroxylation sites is 1. The number of carbonyl (C=O) groups excluding carboxylic acids is 1. The van der Waals surface area contributed by atoms with Gasteiger partial charge in [0.25, 0.3) is 0 Å². The number of hydrogen-bond donors (Lipinski definition) is 0. The average Bonchev–Trinajstić information content (AvgIpc) is 2.82. The number of amides is 1. The van der Waals surface area contributed by atoms with Gasteiger partial charge >= 0.3 is 0 Å². The number of benzene rings is 2. The Balaban J connectivity index is 1.96. The number of thioether (sulfide) groups is 1. The molecule has 1 atom stereocenters. The van der Waals surface area contributed by atoms with Gasteiger partial charge in [-0.2, -0.15) is 4.98 Å². The minimum Gasteiger partial charge on any atom is -0.447 e. The molecule has 0 bridgehead atoms. The molecule has 0 aliphatic carbocycles. The quantitative estimate of drug-likeness (QED) is 0.628. The first kappa shape index (κ1) is 17.5. The maximum Gasteiger partial charge on any atom is 0.247 e. The topological polar surface area (TPSA) is 68.2 Å². The van der Waals surface area contributed by atoms with E-state index in [-0.39, 0.29) is 5.91 Å². The summed E-state index contributed by atoms with van der Waals surface area (Å²) in [6.45, 7) is 3.55. The van der Waals surface area contributed by atoms with Gasteiger partial charge in [0.05, 0.1) is 5.69 Å². The number of ether oxygens (including phenoxy) is 1. The molecule has 1 aliphatic rings. The molecule has 0 fully saturated rings. The smallest absolute Gasteiger partial charge is 0.247 e. The first-order valence-electron chi connectivity index (χ1n) is 8.49. The molecule has 0 radical (unpaired) electrons. The molecule has 1 amide bonds. The van der Waals surface area contributed by atoms with Crippen molar-refractivity contribution >= 4 is 23.4 Å². The van der Waals surface area contributed by atoms with Crippen molar-refractivity contribution in [3.05, 3.63) is 59.7 Å². The van der Waals surface area contributed by atoms with Crippen molar-refractivity contribution < 1.29 is 9.53 Å². The molecule has 1 aromatic heterocycles. The maximum atomic E-state index is 12.6. The molecule has 136 valence electrons. The predicted molar refractivity (Wildman–Crippen MR) is 105 cm³/mol. The second-order valence-electron chi connectivity index (χ2n) is 6.24. The fraction of sp³-hybridized carbons (Fsp3) is 0.200. The van der Waals surface area contributed by atoms with E-state index in [2.05, 4.69) is 15.2 Å². The SMILES string of the molecule is CSc1nnc2c(n1)O[C@H](c1ccc(C)cc1)N(C(C)=O)c1ccccc1-2. The second kappa shape index (κ2) is 7.00. The van der Waals surface area contributed by atoms with Crippen LogP contribution in [-0.4, -0.2) is 27.3 Å². The van der Waals surface area contributed by atoms with Gasteiger partial charge in [0.1, 0.15) is 0 Å². The van der Waals surface area contributed by atoms with Crippen LogP contribution in [0.15, 0.2) is 53.7 Å². The molecule has 6 nitrogen and oxygen atoms in total. The Labute approximate surface area is 161 Å². The summed E-state index contributed by atoms with van der Waals surface area (Å²) >= 11 is 1.39. The number of nitrogens with zero attached hydrogens (tertiary/aromatic N) is 4. The summed E-state index contributed by atoms with van der Waals surface area (Å²) in [7, 11) is 0. The Bertz CT molecular complexity index is 1010. The van der Waals surface area contributed by atoms with Crippen LogP contribution >= 0.6 is 11.8 Å². The molecule has 1 aliphatic heterocycles. The number of fused-ring (bicyclic) bond motifs is 3. The van der Waals surface area contributed by atoms with Gasteiger partial charge in [0.2, 0.25) is 23.2 Å². The highest BCUT2D eigenvalue weighted by Gasteiger charge is 2.34. The molecule has 0 unspecified atom stereocenters. The Morgan fingerprint density at radius 1 is 1.11 bits per heavy atom. The standard InChI is InChI=1S/C20H18N4O2S/c1-12-8-10-14(11-9-12)19-24(13(2)25)16-7-5-4-6-15(16)17-18(26-19)21-20(27-3)23-22-17/h4-11,19H,1-3H3/t19-/m1/s1. The number of rotatable bonds is 2. The van der Waals surface area contributed by atoms with Crippen molar-refractivity contribution in [3.8, 4) is 17.1 Å². The second-order valence-corrected chi connectivity index (χ2v) is 7.01. The summed E-state index contributed by atoms with van der Waals surface area (Å²) in [6, 6.07) is 15.5. The third kappa shape index (κ3) is 3.14. The summed E-state index contributed by atoms with van der Waals surface area (Å²) in [4.78, 5) is 18.8. The minimum atomic E-state index is -0.642. The lowest BCUT2D eigenvalue weighted by Crippen LogP contribution is -2.36. The monoisotopic (exact) mass is 378 g/mol. The van der Waals surface area contributed by atoms with E-state index in [1.165, 1.54) is 18.7 Å². The van der Waals surface area contributed by atoms with Gasteiger partial charge in [-0.25, -0.2) is 0 Å². The average molecular weight is 378 g/mol. The van der Waals surface area contributed by atoms with Crippen molar-refractivity contribution in [3.63, 3.8) is 0 Å². The normalized spacial score (nSPS) is 15.4. The van der Waals surface area contributed by atoms with Crippen LogP contribution in [-0.2, 0) is 4.79 Å². The van der Waals surface area contributed by atoms with Crippen LogP contribution in [0.4, 0.5) is 5.69 Å². The molecular formula is C20H18N4O2S. The molecule has 0 N–H and O–H groups in total. The largest absolute Gasteiger partial charge is 0.447 e. The fourth-order valence-corrected chi connectivity index (χ4v) is 3.38. The summed E-state index contributed by atoms with van der Waals surface area (Å²) in [6.07, 6.45) is 1.24. The number of anilines is 1. The third-order valence-electron chi connectivity index (χ3n) is 4.40. The lowest BCUT2D eigenvalue weighted by atomic mass is 10.1. The molecule has 0 saturated heterocycles. The van der Waals surface area contributed by atoms with E-state index in [0.717, 1.165) is 22.4 Å². The van der Waals surface area contributed by atoms with Crippen LogP contribution in [0.5, 0.6) is 5.88 Å². The zero-order chi connectivity index (χ0) is 19.0. The van der Waals surface area contributed by atoms with Gasteiger partial charge in [0.15, 0.2) is 5.69 Å². The van der Waals surface area contributed by atoms with Gasteiger partial charge in [-0.05, 0) is 19.2 Å². The van der Waals surface area contributed by atoms with Crippen LogP contribution in [0.3, 0.4) is 0 Å². The Morgan fingerprint density at radius 3 is 2.56 bits per heavy atom. The lowest BCUT2D eigenvalue weighted by molar-refractivity contribution is -0.118. The molecule has 7 heteroatoms. The highest BCUT2D eigenvalue weighted by molar-refractivity contribution is 7.98. The van der Waals surface area contributed by atoms with Crippen LogP contribution in [0, 0.1) is 6.92 Å². The van der Waals surface area contributed by atoms with Crippen LogP contribution < -0.4 is 9.64 Å². The van der Waals surface area contributed by atoms with E-state index in [4.69, 9.17) is 4.74 Å². The molecule has 0 spiro atoms. The van der Waals surface area contributed by atoms with Crippen molar-refractivity contribution in [2.45, 2.75) is 25.2 Å². The van der Waals surface area contributed by atoms with E-state index in [1.54, 1.807) is 4.90 Å². The van der Waals surface area contributed by atoms with E-state index in [1.807, 2.05) is 61.7 Å². The van der Waals surface area contributed by atoms with Gasteiger partial charge in [0, 0.05) is 18.1 Å². The zero-order valence-corrected chi connectivity index (χ0v) is 16.0. The van der Waals surface area contributed by atoms with E-state index in [9.17, 15) is 4.79 Å². The van der Waals surface area contributed by atoms with Gasteiger partial charge in [-0.1, -0.05) is 59.8 Å². The molecule has 4 rings (SSSR count). The third-order valence-corrected chi connectivity index (χ3v) is 4.93. The highest BCUT2D eigenvalue weighted by Crippen LogP contribution is 2.43. The van der Waals surface area contributed by atoms with Gasteiger partial charge in [-0.15, -0.1) is 10.2 Å². The molecule has 0 saturated carbocycles. The summed E-state index contributed by atoms with van der Waals surface area (Å²) < 4.78 is 6.26. The zero-order valence-electron chi connectivity index (χ0n) is 15.2. The molecular weight excluding hydrogens is 360 g/mol. The van der Waals surface area contributed by atoms with Crippen LogP contribution in [0.1, 0.15) is 24.3 Å². The van der Waals surface area contributed by atoms with E-state index >= 15 is 0 Å².